The molecule has 0 spiro atoms. The minimum absolute atomic E-state index is 0.00303. The molecule has 2 rings (SSSR count). The number of nitrogens with one attached hydrogen (secondary N) is 2. The van der Waals surface area contributed by atoms with Gasteiger partial charge in [0, 0.05) is 19.1 Å². The zero-order valence-electron chi connectivity index (χ0n) is 13.1. The molecule has 2 N–H and O–H groups in total. The van der Waals surface area contributed by atoms with E-state index in [1.54, 1.807) is 25.3 Å². The second kappa shape index (κ2) is 7.42. The second-order valence-electron chi connectivity index (χ2n) is 5.65. The Hall–Kier alpha value is -1.86. The summed E-state index contributed by atoms with van der Waals surface area (Å²) in [6.07, 6.45) is 1.96. The molecule has 1 aromatic carbocycles. The first kappa shape index (κ1) is 16.5. The topological polar surface area (TPSA) is 85.7 Å². The van der Waals surface area contributed by atoms with Gasteiger partial charge in [0.15, 0.2) is 5.75 Å². The van der Waals surface area contributed by atoms with E-state index >= 15 is 0 Å². The average Bonchev–Trinajstić information content (AvgIpc) is 2.53. The van der Waals surface area contributed by atoms with E-state index < -0.39 is 4.92 Å². The predicted molar refractivity (Wildman–Crippen MR) is 84.6 cm³/mol. The SMILES string of the molecule is COCC1(CNc2cccc(OC)c2[N+](=O)[O-])CCNCC1. The van der Waals surface area contributed by atoms with Crippen LogP contribution in [0.5, 0.6) is 5.75 Å². The number of piperidine rings is 1. The van der Waals surface area contributed by atoms with Crippen LogP contribution < -0.4 is 15.4 Å². The zero-order chi connectivity index (χ0) is 16.0. The highest BCUT2D eigenvalue weighted by atomic mass is 16.6. The molecular weight excluding hydrogens is 286 g/mol. The Morgan fingerprint density at radius 1 is 1.36 bits per heavy atom. The van der Waals surface area contributed by atoms with Gasteiger partial charge in [0.25, 0.3) is 0 Å². The third-order valence-corrected chi connectivity index (χ3v) is 4.17. The van der Waals surface area contributed by atoms with E-state index in [-0.39, 0.29) is 16.9 Å². The highest BCUT2D eigenvalue weighted by molar-refractivity contribution is 5.68. The maximum Gasteiger partial charge on any atom is 0.333 e. The number of rotatable bonds is 7. The van der Waals surface area contributed by atoms with Crippen molar-refractivity contribution in [3.63, 3.8) is 0 Å². The van der Waals surface area contributed by atoms with Crippen molar-refractivity contribution in [2.24, 2.45) is 5.41 Å². The third kappa shape index (κ3) is 3.66. The third-order valence-electron chi connectivity index (χ3n) is 4.17. The van der Waals surface area contributed by atoms with Gasteiger partial charge in [-0.15, -0.1) is 0 Å². The van der Waals surface area contributed by atoms with Crippen LogP contribution in [-0.2, 0) is 4.74 Å². The number of nitro benzene ring substituents is 1. The van der Waals surface area contributed by atoms with Crippen molar-refractivity contribution in [3.05, 3.63) is 28.3 Å². The average molecular weight is 309 g/mol. The van der Waals surface area contributed by atoms with Gasteiger partial charge >= 0.3 is 5.69 Å². The lowest BCUT2D eigenvalue weighted by molar-refractivity contribution is -0.384. The molecule has 7 heteroatoms. The number of para-hydroxylation sites is 1. The fraction of sp³-hybridized carbons (Fsp3) is 0.600. The molecule has 122 valence electrons. The van der Waals surface area contributed by atoms with Crippen LogP contribution in [0, 0.1) is 15.5 Å². The Morgan fingerprint density at radius 2 is 2.09 bits per heavy atom. The van der Waals surface area contributed by atoms with E-state index in [1.165, 1.54) is 7.11 Å². The monoisotopic (exact) mass is 309 g/mol. The predicted octanol–water partition coefficient (Wildman–Crippen LogP) is 2.03. The van der Waals surface area contributed by atoms with E-state index in [0.717, 1.165) is 25.9 Å². The lowest BCUT2D eigenvalue weighted by Crippen LogP contribution is -2.44. The lowest BCUT2D eigenvalue weighted by Gasteiger charge is -2.37. The van der Waals surface area contributed by atoms with Gasteiger partial charge in [-0.3, -0.25) is 10.1 Å². The van der Waals surface area contributed by atoms with Gasteiger partial charge in [-0.1, -0.05) is 6.07 Å². The molecule has 1 aliphatic rings. The van der Waals surface area contributed by atoms with E-state index in [4.69, 9.17) is 9.47 Å². The van der Waals surface area contributed by atoms with Crippen molar-refractivity contribution < 1.29 is 14.4 Å². The fourth-order valence-corrected chi connectivity index (χ4v) is 2.94. The number of hydrogen-bond acceptors (Lipinski definition) is 6. The molecule has 1 fully saturated rings. The van der Waals surface area contributed by atoms with E-state index in [9.17, 15) is 10.1 Å². The number of nitrogens with zero attached hydrogens (tertiary/aromatic N) is 1. The summed E-state index contributed by atoms with van der Waals surface area (Å²) in [5, 5.41) is 17.9. The van der Waals surface area contributed by atoms with Crippen LogP contribution >= 0.6 is 0 Å². The van der Waals surface area contributed by atoms with E-state index in [1.807, 2.05) is 0 Å². The standard InChI is InChI=1S/C15H23N3O4/c1-21-11-15(6-8-16-9-7-15)10-17-12-4-3-5-13(22-2)14(12)18(19)20/h3-5,16-17H,6-11H2,1-2H3. The van der Waals surface area contributed by atoms with Gasteiger partial charge in [-0.05, 0) is 38.1 Å². The maximum atomic E-state index is 11.3. The summed E-state index contributed by atoms with van der Waals surface area (Å²) in [6.45, 7) is 3.15. The molecule has 1 saturated heterocycles. The van der Waals surface area contributed by atoms with E-state index in [2.05, 4.69) is 10.6 Å². The summed E-state index contributed by atoms with van der Waals surface area (Å²) in [6, 6.07) is 5.06. The molecule has 0 unspecified atom stereocenters. The summed E-state index contributed by atoms with van der Waals surface area (Å²) in [5.41, 5.74) is 0.460. The smallest absolute Gasteiger partial charge is 0.333 e. The second-order valence-corrected chi connectivity index (χ2v) is 5.65. The number of nitro groups is 1. The van der Waals surface area contributed by atoms with Gasteiger partial charge in [0.05, 0.1) is 18.6 Å². The summed E-state index contributed by atoms with van der Waals surface area (Å²) in [5.74, 6) is 0.265. The van der Waals surface area contributed by atoms with Crippen molar-refractivity contribution >= 4 is 11.4 Å². The van der Waals surface area contributed by atoms with Crippen LogP contribution in [0.15, 0.2) is 18.2 Å². The summed E-state index contributed by atoms with van der Waals surface area (Å²) < 4.78 is 10.5. The Bertz CT molecular complexity index is 510. The van der Waals surface area contributed by atoms with Crippen LogP contribution in [0.3, 0.4) is 0 Å². The Kier molecular flexibility index (Phi) is 5.57. The van der Waals surface area contributed by atoms with Crippen molar-refractivity contribution in [1.29, 1.82) is 0 Å². The number of ether oxygens (including phenoxy) is 2. The largest absolute Gasteiger partial charge is 0.490 e. The normalized spacial score (nSPS) is 17.0. The van der Waals surface area contributed by atoms with Crippen LogP contribution in [0.2, 0.25) is 0 Å². The van der Waals surface area contributed by atoms with Crippen LogP contribution in [0.25, 0.3) is 0 Å². The molecule has 1 aliphatic heterocycles. The Morgan fingerprint density at radius 3 is 2.68 bits per heavy atom. The Labute approximate surface area is 130 Å². The first-order valence-electron chi connectivity index (χ1n) is 7.37. The van der Waals surface area contributed by atoms with Gasteiger partial charge < -0.3 is 20.1 Å². The molecule has 0 aliphatic carbocycles. The first-order valence-corrected chi connectivity index (χ1v) is 7.37. The minimum Gasteiger partial charge on any atom is -0.490 e. The summed E-state index contributed by atoms with van der Waals surface area (Å²) >= 11 is 0. The number of hydrogen-bond donors (Lipinski definition) is 2. The van der Waals surface area contributed by atoms with Gasteiger partial charge in [0.1, 0.15) is 5.69 Å². The van der Waals surface area contributed by atoms with Gasteiger partial charge in [-0.2, -0.15) is 0 Å². The van der Waals surface area contributed by atoms with E-state index in [0.29, 0.717) is 18.8 Å². The molecule has 1 heterocycles. The van der Waals surface area contributed by atoms with Crippen molar-refractivity contribution in [2.75, 3.05) is 45.8 Å². The van der Waals surface area contributed by atoms with Crippen LogP contribution in [0.1, 0.15) is 12.8 Å². The maximum absolute atomic E-state index is 11.3. The molecule has 22 heavy (non-hydrogen) atoms. The molecular formula is C15H23N3O4. The minimum atomic E-state index is -0.410. The van der Waals surface area contributed by atoms with Crippen molar-refractivity contribution in [2.45, 2.75) is 12.8 Å². The molecule has 1 aromatic rings. The van der Waals surface area contributed by atoms with Crippen molar-refractivity contribution in [1.82, 2.24) is 5.32 Å². The molecule has 0 bridgehead atoms. The number of anilines is 1. The lowest BCUT2D eigenvalue weighted by atomic mass is 9.79. The first-order chi connectivity index (χ1) is 10.6. The van der Waals surface area contributed by atoms with Gasteiger partial charge in [-0.25, -0.2) is 0 Å². The molecule has 0 saturated carbocycles. The highest BCUT2D eigenvalue weighted by Gasteiger charge is 2.33. The molecule has 7 nitrogen and oxygen atoms in total. The number of benzene rings is 1. The summed E-state index contributed by atoms with van der Waals surface area (Å²) in [4.78, 5) is 10.9. The van der Waals surface area contributed by atoms with Crippen LogP contribution in [0.4, 0.5) is 11.4 Å². The quantitative estimate of drug-likeness (QED) is 0.592. The molecule has 0 atom stereocenters. The molecule has 0 aromatic heterocycles. The highest BCUT2D eigenvalue weighted by Crippen LogP contribution is 2.36. The van der Waals surface area contributed by atoms with Crippen LogP contribution in [-0.4, -0.2) is 45.4 Å². The summed E-state index contributed by atoms with van der Waals surface area (Å²) in [7, 11) is 3.13. The van der Waals surface area contributed by atoms with Crippen molar-refractivity contribution in [3.8, 4) is 5.75 Å². The molecule has 0 amide bonds. The van der Waals surface area contributed by atoms with Gasteiger partial charge in [0.2, 0.25) is 0 Å². The molecule has 0 radical (unpaired) electrons. The fourth-order valence-electron chi connectivity index (χ4n) is 2.94. The number of methoxy groups -OCH3 is 2. The Balaban J connectivity index is 2.17. The zero-order valence-corrected chi connectivity index (χ0v) is 13.1.